The smallest absolute Gasteiger partial charge is 0.342 e. The van der Waals surface area contributed by atoms with E-state index in [4.69, 9.17) is 0 Å². The van der Waals surface area contributed by atoms with Gasteiger partial charge in [0.2, 0.25) is 5.95 Å². The van der Waals surface area contributed by atoms with E-state index in [1.807, 2.05) is 11.9 Å². The topological polar surface area (TPSA) is 84.2 Å². The maximum atomic E-state index is 14.3. The molecule has 12 heteroatoms. The first kappa shape index (κ1) is 26.2. The molecule has 8 nitrogen and oxygen atoms in total. The van der Waals surface area contributed by atoms with Crippen molar-refractivity contribution < 1.29 is 22.4 Å². The lowest BCUT2D eigenvalue weighted by Crippen LogP contribution is -2.48. The van der Waals surface area contributed by atoms with Crippen LogP contribution in [0.25, 0.3) is 11.3 Å². The van der Waals surface area contributed by atoms with Gasteiger partial charge >= 0.3 is 6.18 Å². The third kappa shape index (κ3) is 5.47. The molecule has 1 aliphatic rings. The largest absolute Gasteiger partial charge is 0.433 e. The van der Waals surface area contributed by atoms with Crippen molar-refractivity contribution >= 4 is 11.9 Å². The van der Waals surface area contributed by atoms with Gasteiger partial charge in [0.25, 0.3) is 11.5 Å². The van der Waals surface area contributed by atoms with Crippen LogP contribution >= 0.6 is 0 Å². The van der Waals surface area contributed by atoms with Gasteiger partial charge in [-0.05, 0) is 43.4 Å². The highest BCUT2D eigenvalue weighted by Crippen LogP contribution is 2.36. The van der Waals surface area contributed by atoms with Crippen molar-refractivity contribution in [2.24, 2.45) is 13.0 Å². The molecule has 1 aliphatic carbocycles. The van der Waals surface area contributed by atoms with Gasteiger partial charge in [-0.2, -0.15) is 13.2 Å². The number of halogens is 4. The van der Waals surface area contributed by atoms with E-state index >= 15 is 0 Å². The number of hydrogen-bond acceptors (Lipinski definition) is 6. The molecule has 3 aromatic rings. The number of nitrogens with zero attached hydrogens (tertiary/aromatic N) is 6. The Labute approximate surface area is 210 Å². The van der Waals surface area contributed by atoms with Gasteiger partial charge < -0.3 is 9.80 Å². The number of carbonyl (C=O) groups excluding carboxylic acids is 1. The summed E-state index contributed by atoms with van der Waals surface area (Å²) in [4.78, 5) is 40.3. The summed E-state index contributed by atoms with van der Waals surface area (Å²) in [6, 6.07) is 4.71. The van der Waals surface area contributed by atoms with Gasteiger partial charge in [-0.25, -0.2) is 9.37 Å². The summed E-state index contributed by atoms with van der Waals surface area (Å²) in [6.45, 7) is 0.392. The summed E-state index contributed by atoms with van der Waals surface area (Å²) < 4.78 is 53.9. The standard InChI is InChI=1S/C25H26F4N6O2/c1-33(23(37)16-5-7-21(31-13-16)25(27,28)29)11-9-15-4-6-20(15)34(2)24-32-19(12-22(36)35(24)3)17-8-10-30-14-18(17)26/h5,7-8,10,12-15,20H,4,6,9,11H2,1-3H3/t15?,20-/m0/s1. The molecule has 1 fully saturated rings. The molecule has 37 heavy (non-hydrogen) atoms. The third-order valence-corrected chi connectivity index (χ3v) is 6.83. The van der Waals surface area contributed by atoms with Crippen molar-refractivity contribution in [3.8, 4) is 11.3 Å². The Morgan fingerprint density at radius 2 is 1.92 bits per heavy atom. The minimum atomic E-state index is -4.57. The molecular weight excluding hydrogens is 492 g/mol. The molecule has 0 spiro atoms. The summed E-state index contributed by atoms with van der Waals surface area (Å²) in [5, 5.41) is 0. The van der Waals surface area contributed by atoms with Crippen LogP contribution in [0.3, 0.4) is 0 Å². The molecule has 0 N–H and O–H groups in total. The Morgan fingerprint density at radius 3 is 2.51 bits per heavy atom. The molecule has 0 bridgehead atoms. The van der Waals surface area contributed by atoms with E-state index in [9.17, 15) is 27.2 Å². The monoisotopic (exact) mass is 518 g/mol. The molecule has 3 aromatic heterocycles. The highest BCUT2D eigenvalue weighted by molar-refractivity contribution is 5.93. The fourth-order valence-corrected chi connectivity index (χ4v) is 4.48. The molecule has 2 atom stereocenters. The van der Waals surface area contributed by atoms with Crippen LogP contribution in [0.4, 0.5) is 23.5 Å². The normalized spacial score (nSPS) is 17.3. The number of hydrogen-bond donors (Lipinski definition) is 0. The molecule has 0 aliphatic heterocycles. The molecule has 196 valence electrons. The first-order chi connectivity index (χ1) is 17.5. The zero-order valence-electron chi connectivity index (χ0n) is 20.5. The van der Waals surface area contributed by atoms with Crippen LogP contribution in [0.2, 0.25) is 0 Å². The van der Waals surface area contributed by atoms with Crippen LogP contribution in [0.5, 0.6) is 0 Å². The third-order valence-electron chi connectivity index (χ3n) is 6.83. The Morgan fingerprint density at radius 1 is 1.16 bits per heavy atom. The average molecular weight is 519 g/mol. The highest BCUT2D eigenvalue weighted by Gasteiger charge is 2.36. The molecule has 0 saturated heterocycles. The van der Waals surface area contributed by atoms with E-state index in [1.54, 1.807) is 14.1 Å². The number of pyridine rings is 2. The summed E-state index contributed by atoms with van der Waals surface area (Å²) >= 11 is 0. The van der Waals surface area contributed by atoms with Crippen LogP contribution in [-0.2, 0) is 13.2 Å². The summed E-state index contributed by atoms with van der Waals surface area (Å²) in [6.07, 6.45) is 1.28. The van der Waals surface area contributed by atoms with Gasteiger partial charge in [0.15, 0.2) is 5.82 Å². The fourth-order valence-electron chi connectivity index (χ4n) is 4.48. The van der Waals surface area contributed by atoms with Crippen LogP contribution in [0.1, 0.15) is 35.3 Å². The summed E-state index contributed by atoms with van der Waals surface area (Å²) in [5.74, 6) is -0.395. The molecule has 3 heterocycles. The van der Waals surface area contributed by atoms with Gasteiger partial charge in [0, 0.05) is 57.8 Å². The SMILES string of the molecule is CN(CCC1CC[C@@H]1N(C)c1nc(-c2ccncc2F)cc(=O)n1C)C(=O)c1ccc(C(F)(F)F)nc1. The first-order valence-corrected chi connectivity index (χ1v) is 11.7. The van der Waals surface area contributed by atoms with Crippen LogP contribution in [-0.4, -0.2) is 57.0 Å². The minimum Gasteiger partial charge on any atom is -0.342 e. The predicted octanol–water partition coefficient (Wildman–Crippen LogP) is 3.77. The number of rotatable bonds is 7. The van der Waals surface area contributed by atoms with E-state index in [1.165, 1.54) is 27.8 Å². The number of amides is 1. The molecule has 1 amide bonds. The lowest BCUT2D eigenvalue weighted by atomic mass is 9.76. The molecule has 4 rings (SSSR count). The van der Waals surface area contributed by atoms with Gasteiger partial charge in [-0.1, -0.05) is 0 Å². The second-order valence-corrected chi connectivity index (χ2v) is 9.16. The fraction of sp³-hybridized carbons (Fsp3) is 0.400. The summed E-state index contributed by atoms with van der Waals surface area (Å²) in [7, 11) is 5.02. The number of aromatic nitrogens is 4. The second-order valence-electron chi connectivity index (χ2n) is 9.16. The van der Waals surface area contributed by atoms with Crippen molar-refractivity contribution in [3.05, 3.63) is 70.3 Å². The summed E-state index contributed by atoms with van der Waals surface area (Å²) in [5.41, 5.74) is -0.890. The molecule has 1 saturated carbocycles. The van der Waals surface area contributed by atoms with Gasteiger partial charge in [0.1, 0.15) is 5.69 Å². The average Bonchev–Trinajstić information content (AvgIpc) is 2.84. The van der Waals surface area contributed by atoms with Crippen molar-refractivity contribution in [1.29, 1.82) is 0 Å². The number of alkyl halides is 3. The number of anilines is 1. The van der Waals surface area contributed by atoms with Crippen molar-refractivity contribution in [2.45, 2.75) is 31.5 Å². The van der Waals surface area contributed by atoms with Crippen LogP contribution in [0, 0.1) is 11.7 Å². The van der Waals surface area contributed by atoms with E-state index in [0.29, 0.717) is 18.9 Å². The Balaban J connectivity index is 1.43. The number of carbonyl (C=O) groups is 1. The molecule has 0 aromatic carbocycles. The van der Waals surface area contributed by atoms with E-state index in [0.717, 1.165) is 37.4 Å². The van der Waals surface area contributed by atoms with Crippen LogP contribution < -0.4 is 10.5 Å². The van der Waals surface area contributed by atoms with E-state index in [2.05, 4.69) is 15.0 Å². The highest BCUT2D eigenvalue weighted by atomic mass is 19.4. The lowest BCUT2D eigenvalue weighted by molar-refractivity contribution is -0.141. The van der Waals surface area contributed by atoms with Gasteiger partial charge in [-0.15, -0.1) is 0 Å². The predicted molar refractivity (Wildman–Crippen MR) is 128 cm³/mol. The van der Waals surface area contributed by atoms with Crippen molar-refractivity contribution in [2.75, 3.05) is 25.5 Å². The molecule has 1 unspecified atom stereocenters. The zero-order valence-corrected chi connectivity index (χ0v) is 20.5. The van der Waals surface area contributed by atoms with Crippen molar-refractivity contribution in [1.82, 2.24) is 24.4 Å². The zero-order chi connectivity index (χ0) is 26.9. The van der Waals surface area contributed by atoms with Crippen molar-refractivity contribution in [3.63, 3.8) is 0 Å². The van der Waals surface area contributed by atoms with E-state index in [-0.39, 0.29) is 34.3 Å². The second kappa shape index (κ2) is 10.3. The quantitative estimate of drug-likeness (QED) is 0.443. The van der Waals surface area contributed by atoms with Crippen LogP contribution in [0.15, 0.2) is 47.7 Å². The Bertz CT molecular complexity index is 1340. The van der Waals surface area contributed by atoms with Gasteiger partial charge in [0.05, 0.1) is 17.5 Å². The molecular formula is C25H26F4N6O2. The van der Waals surface area contributed by atoms with E-state index < -0.39 is 23.6 Å². The maximum Gasteiger partial charge on any atom is 0.433 e. The molecule has 0 radical (unpaired) electrons. The van der Waals surface area contributed by atoms with Gasteiger partial charge in [-0.3, -0.25) is 24.1 Å². The Kier molecular flexibility index (Phi) is 7.28. The maximum absolute atomic E-state index is 14.3. The lowest BCUT2D eigenvalue weighted by Gasteiger charge is -2.44. The minimum absolute atomic E-state index is 0.0480. The first-order valence-electron chi connectivity index (χ1n) is 11.7. The Hall–Kier alpha value is -3.83.